The van der Waals surface area contributed by atoms with Gasteiger partial charge in [0, 0.05) is 37.3 Å². The van der Waals surface area contributed by atoms with Crippen molar-refractivity contribution in [1.82, 2.24) is 14.7 Å². The second-order valence-corrected chi connectivity index (χ2v) is 5.12. The minimum absolute atomic E-state index is 0.331. The summed E-state index contributed by atoms with van der Waals surface area (Å²) in [4.78, 5) is 2.37. The van der Waals surface area contributed by atoms with E-state index in [2.05, 4.69) is 29.9 Å². The molecule has 0 radical (unpaired) electrons. The van der Waals surface area contributed by atoms with Crippen LogP contribution in [0.2, 0.25) is 0 Å². The molecule has 0 N–H and O–H groups in total. The summed E-state index contributed by atoms with van der Waals surface area (Å²) in [5, 5.41) is 4.86. The Labute approximate surface area is 96.0 Å². The van der Waals surface area contributed by atoms with E-state index in [0.29, 0.717) is 11.4 Å². The third kappa shape index (κ3) is 2.73. The third-order valence-corrected chi connectivity index (χ3v) is 3.15. The number of hydrogen-bond acceptors (Lipinski definition) is 2. The molecule has 4 heteroatoms. The topological polar surface area (TPSA) is 21.1 Å². The fourth-order valence-electron chi connectivity index (χ4n) is 1.91. The van der Waals surface area contributed by atoms with Crippen molar-refractivity contribution in [2.24, 2.45) is 0 Å². The van der Waals surface area contributed by atoms with Gasteiger partial charge in [-0.05, 0) is 26.3 Å². The van der Waals surface area contributed by atoms with Crippen LogP contribution >= 0.6 is 11.6 Å². The van der Waals surface area contributed by atoms with E-state index in [-0.39, 0.29) is 0 Å². The molecule has 0 aliphatic carbocycles. The molecule has 0 saturated carbocycles. The van der Waals surface area contributed by atoms with Crippen molar-refractivity contribution in [3.63, 3.8) is 0 Å². The maximum atomic E-state index is 6.06. The highest BCUT2D eigenvalue weighted by atomic mass is 35.5. The second kappa shape index (κ2) is 4.54. The normalized spacial score (nSPS) is 22.8. The Bertz CT molecular complexity index is 321. The Morgan fingerprint density at radius 3 is 2.93 bits per heavy atom. The zero-order valence-electron chi connectivity index (χ0n) is 9.36. The molecular formula is C11H18ClN3. The first-order valence-electron chi connectivity index (χ1n) is 5.55. The van der Waals surface area contributed by atoms with Crippen LogP contribution in [0.4, 0.5) is 0 Å². The van der Waals surface area contributed by atoms with Crippen molar-refractivity contribution in [3.05, 3.63) is 18.0 Å². The first kappa shape index (κ1) is 11.0. The van der Waals surface area contributed by atoms with Crippen molar-refractivity contribution in [1.29, 1.82) is 0 Å². The van der Waals surface area contributed by atoms with Crippen LogP contribution in [-0.4, -0.2) is 33.1 Å². The molecular weight excluding hydrogens is 210 g/mol. The summed E-state index contributed by atoms with van der Waals surface area (Å²) < 4.78 is 2.00. The zero-order valence-corrected chi connectivity index (χ0v) is 10.1. The predicted octanol–water partition coefficient (Wildman–Crippen LogP) is 2.28. The molecule has 1 aliphatic rings. The van der Waals surface area contributed by atoms with Crippen molar-refractivity contribution in [3.8, 4) is 0 Å². The summed E-state index contributed by atoms with van der Waals surface area (Å²) in [7, 11) is 0. The van der Waals surface area contributed by atoms with Crippen molar-refractivity contribution < 1.29 is 0 Å². The number of halogens is 1. The number of rotatable bonds is 3. The molecule has 1 aliphatic heterocycles. The van der Waals surface area contributed by atoms with Gasteiger partial charge in [0.25, 0.3) is 0 Å². The van der Waals surface area contributed by atoms with Crippen molar-refractivity contribution in [2.45, 2.75) is 38.2 Å². The molecule has 84 valence electrons. The van der Waals surface area contributed by atoms with Gasteiger partial charge >= 0.3 is 0 Å². The van der Waals surface area contributed by atoms with Crippen LogP contribution in [0.25, 0.3) is 0 Å². The molecule has 2 rings (SSSR count). The largest absolute Gasteiger partial charge is 0.296 e. The quantitative estimate of drug-likeness (QED) is 0.739. The Morgan fingerprint density at radius 1 is 1.60 bits per heavy atom. The zero-order chi connectivity index (χ0) is 10.8. The maximum absolute atomic E-state index is 6.06. The number of likely N-dealkylation sites (tertiary alicyclic amines) is 1. The Morgan fingerprint density at radius 2 is 2.40 bits per heavy atom. The summed E-state index contributed by atoms with van der Waals surface area (Å²) in [6, 6.07) is 2.54. The molecule has 15 heavy (non-hydrogen) atoms. The lowest BCUT2D eigenvalue weighted by atomic mass is 10.4. The van der Waals surface area contributed by atoms with Gasteiger partial charge in [0.05, 0.1) is 5.69 Å². The molecule has 1 fully saturated rings. The maximum Gasteiger partial charge on any atom is 0.0764 e. The van der Waals surface area contributed by atoms with E-state index in [9.17, 15) is 0 Å². The van der Waals surface area contributed by atoms with E-state index in [1.54, 1.807) is 0 Å². The Kier molecular flexibility index (Phi) is 3.32. The van der Waals surface area contributed by atoms with Crippen molar-refractivity contribution >= 4 is 11.6 Å². The molecule has 1 atom stereocenters. The first-order chi connectivity index (χ1) is 7.15. The third-order valence-electron chi connectivity index (χ3n) is 2.79. The smallest absolute Gasteiger partial charge is 0.0764 e. The van der Waals surface area contributed by atoms with Crippen molar-refractivity contribution in [2.75, 3.05) is 13.1 Å². The van der Waals surface area contributed by atoms with Crippen LogP contribution in [0, 0.1) is 0 Å². The number of hydrogen-bond donors (Lipinski definition) is 0. The van der Waals surface area contributed by atoms with E-state index in [0.717, 1.165) is 31.7 Å². The SMILES string of the molecule is CC(C)n1ccc(CN2CCC(Cl)C2)n1. The molecule has 0 aromatic carbocycles. The molecule has 1 aromatic rings. The fraction of sp³-hybridized carbons (Fsp3) is 0.727. The standard InChI is InChI=1S/C11H18ClN3/c1-9(2)15-6-4-11(13-15)8-14-5-3-10(12)7-14/h4,6,9-10H,3,5,7-8H2,1-2H3. The van der Waals surface area contributed by atoms with Crippen LogP contribution in [0.15, 0.2) is 12.3 Å². The lowest BCUT2D eigenvalue weighted by Crippen LogP contribution is -2.20. The van der Waals surface area contributed by atoms with Gasteiger partial charge in [-0.1, -0.05) is 0 Å². The number of alkyl halides is 1. The Balaban J connectivity index is 1.93. The van der Waals surface area contributed by atoms with Crippen LogP contribution in [0.1, 0.15) is 32.0 Å². The van der Waals surface area contributed by atoms with E-state index >= 15 is 0 Å². The van der Waals surface area contributed by atoms with Gasteiger partial charge in [-0.25, -0.2) is 0 Å². The highest BCUT2D eigenvalue weighted by molar-refractivity contribution is 6.20. The highest BCUT2D eigenvalue weighted by Gasteiger charge is 2.20. The predicted molar refractivity (Wildman–Crippen MR) is 62.1 cm³/mol. The summed E-state index contributed by atoms with van der Waals surface area (Å²) in [6.07, 6.45) is 3.15. The van der Waals surface area contributed by atoms with E-state index < -0.39 is 0 Å². The Hall–Kier alpha value is -0.540. The van der Waals surface area contributed by atoms with Gasteiger partial charge in [-0.2, -0.15) is 5.10 Å². The van der Waals surface area contributed by atoms with Crippen LogP contribution in [0.3, 0.4) is 0 Å². The van der Waals surface area contributed by atoms with Crippen LogP contribution in [-0.2, 0) is 6.54 Å². The van der Waals surface area contributed by atoms with Gasteiger partial charge in [-0.3, -0.25) is 9.58 Å². The monoisotopic (exact) mass is 227 g/mol. The van der Waals surface area contributed by atoms with Gasteiger partial charge < -0.3 is 0 Å². The lowest BCUT2D eigenvalue weighted by molar-refractivity contribution is 0.325. The van der Waals surface area contributed by atoms with E-state index in [1.807, 2.05) is 10.9 Å². The minimum Gasteiger partial charge on any atom is -0.296 e. The van der Waals surface area contributed by atoms with Gasteiger partial charge in [0.1, 0.15) is 0 Å². The summed E-state index contributed by atoms with van der Waals surface area (Å²) in [6.45, 7) is 7.31. The summed E-state index contributed by atoms with van der Waals surface area (Å²) in [5.41, 5.74) is 1.15. The molecule has 1 saturated heterocycles. The molecule has 0 bridgehead atoms. The molecule has 3 nitrogen and oxygen atoms in total. The van der Waals surface area contributed by atoms with Crippen LogP contribution in [0.5, 0.6) is 0 Å². The summed E-state index contributed by atoms with van der Waals surface area (Å²) >= 11 is 6.06. The highest BCUT2D eigenvalue weighted by Crippen LogP contribution is 2.17. The average molecular weight is 228 g/mol. The molecule has 2 heterocycles. The molecule has 0 amide bonds. The minimum atomic E-state index is 0.331. The van der Waals surface area contributed by atoms with E-state index in [4.69, 9.17) is 11.6 Å². The van der Waals surface area contributed by atoms with E-state index in [1.165, 1.54) is 0 Å². The lowest BCUT2D eigenvalue weighted by Gasteiger charge is -2.12. The fourth-order valence-corrected chi connectivity index (χ4v) is 2.20. The summed E-state index contributed by atoms with van der Waals surface area (Å²) in [5.74, 6) is 0. The first-order valence-corrected chi connectivity index (χ1v) is 5.99. The van der Waals surface area contributed by atoms with Gasteiger partial charge in [0.15, 0.2) is 0 Å². The molecule has 1 unspecified atom stereocenters. The molecule has 0 spiro atoms. The molecule has 1 aromatic heterocycles. The average Bonchev–Trinajstić information content (AvgIpc) is 2.76. The second-order valence-electron chi connectivity index (χ2n) is 4.50. The number of nitrogens with zero attached hydrogens (tertiary/aromatic N) is 3. The van der Waals surface area contributed by atoms with Gasteiger partial charge in [-0.15, -0.1) is 11.6 Å². The van der Waals surface area contributed by atoms with Crippen LogP contribution < -0.4 is 0 Å². The van der Waals surface area contributed by atoms with Gasteiger partial charge in [0.2, 0.25) is 0 Å². The number of aromatic nitrogens is 2.